The Kier molecular flexibility index (Phi) is 4.67. The molecule has 3 nitrogen and oxygen atoms in total. The maximum absolute atomic E-state index is 14.2. The first-order valence-electron chi connectivity index (χ1n) is 7.79. The molecule has 21 heavy (non-hydrogen) atoms. The van der Waals surface area contributed by atoms with Crippen LogP contribution in [0.5, 0.6) is 0 Å². The molecule has 0 bridgehead atoms. The molecule has 0 saturated carbocycles. The van der Waals surface area contributed by atoms with E-state index < -0.39 is 5.54 Å². The zero-order valence-electron chi connectivity index (χ0n) is 13.3. The Labute approximate surface area is 126 Å². The van der Waals surface area contributed by atoms with E-state index in [0.29, 0.717) is 12.0 Å². The number of halogens is 1. The van der Waals surface area contributed by atoms with Crippen molar-refractivity contribution in [2.24, 2.45) is 0 Å². The summed E-state index contributed by atoms with van der Waals surface area (Å²) < 4.78 is 14.2. The van der Waals surface area contributed by atoms with Gasteiger partial charge in [0.2, 0.25) is 5.91 Å². The minimum absolute atomic E-state index is 0.0687. The second-order valence-corrected chi connectivity index (χ2v) is 6.10. The fourth-order valence-corrected chi connectivity index (χ4v) is 3.02. The van der Waals surface area contributed by atoms with Crippen molar-refractivity contribution < 1.29 is 9.18 Å². The van der Waals surface area contributed by atoms with Gasteiger partial charge in [0.25, 0.3) is 0 Å². The second-order valence-electron chi connectivity index (χ2n) is 6.10. The number of nitrogens with zero attached hydrogens (tertiary/aromatic N) is 1. The van der Waals surface area contributed by atoms with Crippen LogP contribution in [0.3, 0.4) is 0 Å². The molecule has 3 atom stereocenters. The maximum atomic E-state index is 14.2. The molecule has 1 aliphatic heterocycles. The first-order valence-corrected chi connectivity index (χ1v) is 7.79. The van der Waals surface area contributed by atoms with Gasteiger partial charge in [0.15, 0.2) is 0 Å². The summed E-state index contributed by atoms with van der Waals surface area (Å²) in [7, 11) is 0. The Morgan fingerprint density at radius 1 is 1.38 bits per heavy atom. The van der Waals surface area contributed by atoms with Crippen LogP contribution in [0.15, 0.2) is 24.3 Å². The van der Waals surface area contributed by atoms with Gasteiger partial charge in [-0.05, 0) is 32.8 Å². The molecule has 0 radical (unpaired) electrons. The van der Waals surface area contributed by atoms with Crippen LogP contribution in [0.25, 0.3) is 0 Å². The summed E-state index contributed by atoms with van der Waals surface area (Å²) >= 11 is 0. The monoisotopic (exact) mass is 292 g/mol. The SMILES string of the molecule is CCCC(C)N1C(=O)C(C)(CC)NC1c1ccccc1F. The highest BCUT2D eigenvalue weighted by Crippen LogP contribution is 2.35. The van der Waals surface area contributed by atoms with Crippen LogP contribution in [0.1, 0.15) is 58.7 Å². The van der Waals surface area contributed by atoms with Crippen molar-refractivity contribution in [2.45, 2.75) is 64.7 Å². The third-order valence-electron chi connectivity index (χ3n) is 4.53. The van der Waals surface area contributed by atoms with Crippen molar-refractivity contribution in [3.05, 3.63) is 35.6 Å². The van der Waals surface area contributed by atoms with Crippen molar-refractivity contribution in [3.8, 4) is 0 Å². The maximum Gasteiger partial charge on any atom is 0.244 e. The Morgan fingerprint density at radius 3 is 2.62 bits per heavy atom. The van der Waals surface area contributed by atoms with Gasteiger partial charge in [-0.2, -0.15) is 0 Å². The van der Waals surface area contributed by atoms with Gasteiger partial charge in [-0.3, -0.25) is 10.1 Å². The Balaban J connectivity index is 2.42. The molecule has 1 fully saturated rings. The van der Waals surface area contributed by atoms with Crippen LogP contribution in [0.4, 0.5) is 4.39 Å². The van der Waals surface area contributed by atoms with E-state index in [1.807, 2.05) is 31.7 Å². The van der Waals surface area contributed by atoms with Gasteiger partial charge in [0.1, 0.15) is 12.0 Å². The lowest BCUT2D eigenvalue weighted by Gasteiger charge is -2.30. The number of hydrogen-bond acceptors (Lipinski definition) is 2. The smallest absolute Gasteiger partial charge is 0.244 e. The highest BCUT2D eigenvalue weighted by Gasteiger charge is 2.49. The lowest BCUT2D eigenvalue weighted by Crippen LogP contribution is -2.44. The third-order valence-corrected chi connectivity index (χ3v) is 4.53. The van der Waals surface area contributed by atoms with Crippen molar-refractivity contribution in [3.63, 3.8) is 0 Å². The molecule has 1 saturated heterocycles. The van der Waals surface area contributed by atoms with E-state index in [9.17, 15) is 9.18 Å². The summed E-state index contributed by atoms with van der Waals surface area (Å²) in [6.07, 6.45) is 2.22. The molecule has 1 heterocycles. The zero-order chi connectivity index (χ0) is 15.6. The number of hydrogen-bond donors (Lipinski definition) is 1. The molecule has 1 aromatic carbocycles. The van der Waals surface area contributed by atoms with Gasteiger partial charge in [-0.1, -0.05) is 38.5 Å². The zero-order valence-corrected chi connectivity index (χ0v) is 13.3. The van der Waals surface area contributed by atoms with E-state index in [0.717, 1.165) is 12.8 Å². The summed E-state index contributed by atoms with van der Waals surface area (Å²) in [6, 6.07) is 6.79. The van der Waals surface area contributed by atoms with Crippen molar-refractivity contribution in [1.29, 1.82) is 0 Å². The van der Waals surface area contributed by atoms with Crippen LogP contribution in [0, 0.1) is 5.82 Å². The fourth-order valence-electron chi connectivity index (χ4n) is 3.02. The highest BCUT2D eigenvalue weighted by atomic mass is 19.1. The molecule has 1 aliphatic rings. The summed E-state index contributed by atoms with van der Waals surface area (Å²) in [5, 5.41) is 3.35. The minimum Gasteiger partial charge on any atom is -0.318 e. The van der Waals surface area contributed by atoms with E-state index in [2.05, 4.69) is 12.2 Å². The van der Waals surface area contributed by atoms with Crippen LogP contribution in [0.2, 0.25) is 0 Å². The first-order chi connectivity index (χ1) is 9.94. The lowest BCUT2D eigenvalue weighted by molar-refractivity contribution is -0.135. The van der Waals surface area contributed by atoms with Crippen molar-refractivity contribution in [2.75, 3.05) is 0 Å². The molecule has 3 unspecified atom stereocenters. The topological polar surface area (TPSA) is 32.3 Å². The quantitative estimate of drug-likeness (QED) is 0.899. The van der Waals surface area contributed by atoms with Crippen molar-refractivity contribution >= 4 is 5.91 Å². The molecular formula is C17H25FN2O. The molecule has 1 N–H and O–H groups in total. The number of carbonyl (C=O) groups is 1. The normalized spacial score (nSPS) is 27.2. The molecular weight excluding hydrogens is 267 g/mol. The molecule has 4 heteroatoms. The predicted molar refractivity (Wildman–Crippen MR) is 82.2 cm³/mol. The van der Waals surface area contributed by atoms with Gasteiger partial charge in [-0.25, -0.2) is 4.39 Å². The van der Waals surface area contributed by atoms with Gasteiger partial charge in [0, 0.05) is 11.6 Å². The van der Waals surface area contributed by atoms with E-state index in [4.69, 9.17) is 0 Å². The number of rotatable bonds is 5. The Bertz CT molecular complexity index is 519. The van der Waals surface area contributed by atoms with Gasteiger partial charge in [-0.15, -0.1) is 0 Å². The Hall–Kier alpha value is -1.42. The average Bonchev–Trinajstić information content (AvgIpc) is 2.73. The first kappa shape index (κ1) is 16.0. The van der Waals surface area contributed by atoms with E-state index >= 15 is 0 Å². The number of carbonyl (C=O) groups excluding carboxylic acids is 1. The van der Waals surface area contributed by atoms with E-state index in [1.165, 1.54) is 6.07 Å². The minimum atomic E-state index is -0.616. The van der Waals surface area contributed by atoms with Gasteiger partial charge >= 0.3 is 0 Å². The third kappa shape index (κ3) is 2.82. The van der Waals surface area contributed by atoms with E-state index in [-0.39, 0.29) is 23.9 Å². The summed E-state index contributed by atoms with van der Waals surface area (Å²) in [4.78, 5) is 14.6. The molecule has 0 spiro atoms. The Morgan fingerprint density at radius 2 is 2.05 bits per heavy atom. The molecule has 0 aromatic heterocycles. The molecule has 1 aromatic rings. The standard InChI is InChI=1S/C17H25FN2O/c1-5-9-12(3)20-15(13-10-7-8-11-14(13)18)19-17(4,6-2)16(20)21/h7-8,10-12,15,19H,5-6,9H2,1-4H3. The number of nitrogens with one attached hydrogen (secondary N) is 1. The fraction of sp³-hybridized carbons (Fsp3) is 0.588. The molecule has 116 valence electrons. The van der Waals surface area contributed by atoms with Crippen molar-refractivity contribution in [1.82, 2.24) is 10.2 Å². The highest BCUT2D eigenvalue weighted by molar-refractivity contribution is 5.88. The van der Waals surface area contributed by atoms with Gasteiger partial charge < -0.3 is 4.90 Å². The number of benzene rings is 1. The van der Waals surface area contributed by atoms with E-state index in [1.54, 1.807) is 12.1 Å². The predicted octanol–water partition coefficient (Wildman–Crippen LogP) is 3.61. The molecule has 0 aliphatic carbocycles. The van der Waals surface area contributed by atoms with Crippen LogP contribution in [-0.4, -0.2) is 22.4 Å². The van der Waals surface area contributed by atoms with Gasteiger partial charge in [0.05, 0.1) is 5.54 Å². The summed E-state index contributed by atoms with van der Waals surface area (Å²) in [5.41, 5.74) is -0.0689. The lowest BCUT2D eigenvalue weighted by atomic mass is 9.99. The summed E-state index contributed by atoms with van der Waals surface area (Å²) in [6.45, 7) is 8.03. The largest absolute Gasteiger partial charge is 0.318 e. The van der Waals surface area contributed by atoms with Crippen LogP contribution < -0.4 is 5.32 Å². The molecule has 1 amide bonds. The second kappa shape index (κ2) is 6.14. The molecule has 2 rings (SSSR count). The average molecular weight is 292 g/mol. The summed E-state index contributed by atoms with van der Waals surface area (Å²) in [5.74, 6) is -0.198. The van der Waals surface area contributed by atoms with Crippen LogP contribution in [-0.2, 0) is 4.79 Å². The number of amides is 1. The van der Waals surface area contributed by atoms with Crippen LogP contribution >= 0.6 is 0 Å².